The molecule has 0 spiro atoms. The topological polar surface area (TPSA) is 98.5 Å². The van der Waals surface area contributed by atoms with E-state index in [1.807, 2.05) is 13.0 Å². The van der Waals surface area contributed by atoms with Gasteiger partial charge in [-0.25, -0.2) is 4.79 Å². The summed E-state index contributed by atoms with van der Waals surface area (Å²) in [7, 11) is 0. The first-order chi connectivity index (χ1) is 13.4. The number of amides is 2. The average Bonchev–Trinajstić information content (AvgIpc) is 2.71. The van der Waals surface area contributed by atoms with Crippen LogP contribution in [-0.2, 0) is 22.4 Å². The van der Waals surface area contributed by atoms with E-state index in [4.69, 9.17) is 10.5 Å². The number of aryl methyl sites for hydroxylation is 2. The lowest BCUT2D eigenvalue weighted by molar-refractivity contribution is -0.124. The van der Waals surface area contributed by atoms with Gasteiger partial charge in [-0.05, 0) is 73.6 Å². The van der Waals surface area contributed by atoms with Gasteiger partial charge in [0.25, 0.3) is 5.91 Å². The number of hydrogen-bond acceptors (Lipinski definition) is 4. The molecule has 0 bridgehead atoms. The number of carbonyl (C=O) groups is 3. The second-order valence-electron chi connectivity index (χ2n) is 7.04. The van der Waals surface area contributed by atoms with Crippen LogP contribution in [0.1, 0.15) is 63.2 Å². The first-order valence-electron chi connectivity index (χ1n) is 9.42. The molecule has 0 saturated heterocycles. The molecule has 6 heteroatoms. The van der Waals surface area contributed by atoms with Gasteiger partial charge >= 0.3 is 5.97 Å². The average molecular weight is 380 g/mol. The summed E-state index contributed by atoms with van der Waals surface area (Å²) in [6.45, 7) is 1.54. The van der Waals surface area contributed by atoms with Crippen LogP contribution >= 0.6 is 0 Å². The maximum Gasteiger partial charge on any atom is 0.338 e. The lowest BCUT2D eigenvalue weighted by Crippen LogP contribution is -2.31. The maximum atomic E-state index is 12.1. The van der Waals surface area contributed by atoms with Gasteiger partial charge in [0, 0.05) is 5.56 Å². The Morgan fingerprint density at radius 1 is 1.00 bits per heavy atom. The van der Waals surface area contributed by atoms with E-state index in [1.54, 1.807) is 0 Å². The second-order valence-corrected chi connectivity index (χ2v) is 7.04. The van der Waals surface area contributed by atoms with E-state index in [-0.39, 0.29) is 24.1 Å². The maximum absolute atomic E-state index is 12.1. The number of ether oxygens (including phenoxy) is 1. The molecule has 1 unspecified atom stereocenters. The SMILES string of the molecule is CC(NC(=O)COC(=O)c1ccc(C(N)=O)cc1)c1ccc2c(c1)CCCC2. The number of hydrogen-bond donors (Lipinski definition) is 2. The van der Waals surface area contributed by atoms with Crippen LogP contribution in [0.3, 0.4) is 0 Å². The summed E-state index contributed by atoms with van der Waals surface area (Å²) >= 11 is 0. The lowest BCUT2D eigenvalue weighted by atomic mass is 9.89. The highest BCUT2D eigenvalue weighted by Crippen LogP contribution is 2.24. The molecule has 2 aromatic carbocycles. The van der Waals surface area contributed by atoms with Crippen LogP contribution < -0.4 is 11.1 Å². The lowest BCUT2D eigenvalue weighted by Gasteiger charge is -2.20. The van der Waals surface area contributed by atoms with Crippen molar-refractivity contribution in [2.75, 3.05) is 6.61 Å². The molecule has 3 N–H and O–H groups in total. The van der Waals surface area contributed by atoms with Gasteiger partial charge in [0.05, 0.1) is 11.6 Å². The van der Waals surface area contributed by atoms with E-state index in [0.29, 0.717) is 5.56 Å². The molecular weight excluding hydrogens is 356 g/mol. The van der Waals surface area contributed by atoms with E-state index < -0.39 is 11.9 Å². The molecular formula is C22H24N2O4. The number of nitrogens with one attached hydrogen (secondary N) is 1. The molecule has 0 radical (unpaired) electrons. The highest BCUT2D eigenvalue weighted by molar-refractivity contribution is 5.95. The first-order valence-corrected chi connectivity index (χ1v) is 9.42. The predicted octanol–water partition coefficient (Wildman–Crippen LogP) is 2.70. The Kier molecular flexibility index (Phi) is 6.09. The summed E-state index contributed by atoms with van der Waals surface area (Å²) in [5.41, 5.74) is 9.51. The third-order valence-corrected chi connectivity index (χ3v) is 4.99. The monoisotopic (exact) mass is 380 g/mol. The minimum atomic E-state index is -0.632. The molecule has 0 fully saturated rings. The Morgan fingerprint density at radius 3 is 2.32 bits per heavy atom. The zero-order chi connectivity index (χ0) is 20.1. The molecule has 0 aromatic heterocycles. The Labute approximate surface area is 164 Å². The first kappa shape index (κ1) is 19.6. The highest BCUT2D eigenvalue weighted by Gasteiger charge is 2.16. The number of benzene rings is 2. The predicted molar refractivity (Wildman–Crippen MR) is 105 cm³/mol. The van der Waals surface area contributed by atoms with Crippen molar-refractivity contribution in [1.29, 1.82) is 0 Å². The molecule has 146 valence electrons. The Balaban J connectivity index is 1.52. The third kappa shape index (κ3) is 4.76. The number of rotatable bonds is 6. The molecule has 28 heavy (non-hydrogen) atoms. The van der Waals surface area contributed by atoms with Gasteiger partial charge < -0.3 is 15.8 Å². The largest absolute Gasteiger partial charge is 0.452 e. The number of primary amides is 1. The van der Waals surface area contributed by atoms with Gasteiger partial charge in [0.1, 0.15) is 0 Å². The molecule has 1 aliphatic rings. The fourth-order valence-electron chi connectivity index (χ4n) is 3.37. The number of fused-ring (bicyclic) bond motifs is 1. The molecule has 1 aliphatic carbocycles. The van der Waals surface area contributed by atoms with Gasteiger partial charge in [-0.1, -0.05) is 18.2 Å². The van der Waals surface area contributed by atoms with Crippen LogP contribution in [0.15, 0.2) is 42.5 Å². The van der Waals surface area contributed by atoms with E-state index in [1.165, 1.54) is 48.2 Å². The fraction of sp³-hybridized carbons (Fsp3) is 0.318. The molecule has 2 aromatic rings. The summed E-state index contributed by atoms with van der Waals surface area (Å²) in [5.74, 6) is -1.57. The Bertz CT molecular complexity index is 890. The molecule has 0 aliphatic heterocycles. The number of esters is 1. The zero-order valence-corrected chi connectivity index (χ0v) is 15.9. The van der Waals surface area contributed by atoms with Crippen molar-refractivity contribution in [2.45, 2.75) is 38.6 Å². The van der Waals surface area contributed by atoms with Gasteiger partial charge in [-0.2, -0.15) is 0 Å². The standard InChI is InChI=1S/C22H24N2O4/c1-14(18-11-6-15-4-2-3-5-19(15)12-18)24-20(25)13-28-22(27)17-9-7-16(8-10-17)21(23)26/h6-12,14H,2-5,13H2,1H3,(H2,23,26)(H,24,25). The van der Waals surface area contributed by atoms with Crippen molar-refractivity contribution in [3.63, 3.8) is 0 Å². The third-order valence-electron chi connectivity index (χ3n) is 4.99. The van der Waals surface area contributed by atoms with Gasteiger partial charge in [-0.15, -0.1) is 0 Å². The van der Waals surface area contributed by atoms with Gasteiger partial charge in [0.2, 0.25) is 5.91 Å². The Morgan fingerprint density at radius 2 is 1.64 bits per heavy atom. The molecule has 6 nitrogen and oxygen atoms in total. The quantitative estimate of drug-likeness (QED) is 0.753. The summed E-state index contributed by atoms with van der Waals surface area (Å²) in [4.78, 5) is 35.2. The van der Waals surface area contributed by atoms with Crippen molar-refractivity contribution in [3.8, 4) is 0 Å². The van der Waals surface area contributed by atoms with E-state index in [0.717, 1.165) is 18.4 Å². The molecule has 2 amide bonds. The van der Waals surface area contributed by atoms with Crippen LogP contribution in [0.25, 0.3) is 0 Å². The molecule has 3 rings (SSSR count). The van der Waals surface area contributed by atoms with Crippen LogP contribution in [0.5, 0.6) is 0 Å². The van der Waals surface area contributed by atoms with Crippen molar-refractivity contribution in [1.82, 2.24) is 5.32 Å². The van der Waals surface area contributed by atoms with Crippen LogP contribution in [0.2, 0.25) is 0 Å². The normalized spacial score (nSPS) is 13.9. The summed E-state index contributed by atoms with van der Waals surface area (Å²) < 4.78 is 5.05. The van der Waals surface area contributed by atoms with Crippen molar-refractivity contribution in [2.24, 2.45) is 5.73 Å². The van der Waals surface area contributed by atoms with E-state index in [9.17, 15) is 14.4 Å². The van der Waals surface area contributed by atoms with Crippen molar-refractivity contribution < 1.29 is 19.1 Å². The molecule has 0 heterocycles. The van der Waals surface area contributed by atoms with Crippen molar-refractivity contribution in [3.05, 3.63) is 70.3 Å². The van der Waals surface area contributed by atoms with Crippen LogP contribution in [0.4, 0.5) is 0 Å². The van der Waals surface area contributed by atoms with E-state index in [2.05, 4.69) is 17.4 Å². The van der Waals surface area contributed by atoms with Crippen molar-refractivity contribution >= 4 is 17.8 Å². The molecule has 0 saturated carbocycles. The number of carbonyl (C=O) groups excluding carboxylic acids is 3. The zero-order valence-electron chi connectivity index (χ0n) is 15.9. The number of nitrogens with two attached hydrogens (primary N) is 1. The van der Waals surface area contributed by atoms with E-state index >= 15 is 0 Å². The summed E-state index contributed by atoms with van der Waals surface area (Å²) in [6, 6.07) is 11.9. The fourth-order valence-corrected chi connectivity index (χ4v) is 3.37. The minimum absolute atomic E-state index is 0.173. The van der Waals surface area contributed by atoms with Gasteiger partial charge in [0.15, 0.2) is 6.61 Å². The van der Waals surface area contributed by atoms with Gasteiger partial charge in [-0.3, -0.25) is 9.59 Å². The molecule has 1 atom stereocenters. The summed E-state index contributed by atoms with van der Waals surface area (Å²) in [6.07, 6.45) is 4.63. The highest BCUT2D eigenvalue weighted by atomic mass is 16.5. The van der Waals surface area contributed by atoms with Crippen LogP contribution in [0, 0.1) is 0 Å². The summed E-state index contributed by atoms with van der Waals surface area (Å²) in [5, 5.41) is 2.86. The minimum Gasteiger partial charge on any atom is -0.452 e. The van der Waals surface area contributed by atoms with Crippen LogP contribution in [-0.4, -0.2) is 24.4 Å². The smallest absolute Gasteiger partial charge is 0.338 e. The Hall–Kier alpha value is -3.15. The second kappa shape index (κ2) is 8.69.